The lowest BCUT2D eigenvalue weighted by Gasteiger charge is -2.31. The second kappa shape index (κ2) is 5.55. The molecule has 0 amide bonds. The summed E-state index contributed by atoms with van der Waals surface area (Å²) in [5, 5.41) is 5.65. The average Bonchev–Trinajstić information content (AvgIpc) is 2.94. The van der Waals surface area contributed by atoms with E-state index in [-0.39, 0.29) is 5.41 Å². The van der Waals surface area contributed by atoms with Gasteiger partial charge in [-0.05, 0) is 60.6 Å². The molecule has 20 heavy (non-hydrogen) atoms. The Bertz CT molecular complexity index is 500. The van der Waals surface area contributed by atoms with Gasteiger partial charge in [0.05, 0.1) is 0 Å². The van der Waals surface area contributed by atoms with Crippen molar-refractivity contribution < 1.29 is 0 Å². The van der Waals surface area contributed by atoms with Gasteiger partial charge in [0, 0.05) is 22.4 Å². The highest BCUT2D eigenvalue weighted by molar-refractivity contribution is 7.99. The van der Waals surface area contributed by atoms with Gasteiger partial charge in [-0.3, -0.25) is 0 Å². The third-order valence-corrected chi connectivity index (χ3v) is 6.30. The molecule has 1 nitrogen and oxygen atoms in total. The topological polar surface area (TPSA) is 12.0 Å². The Morgan fingerprint density at radius 1 is 1.30 bits per heavy atom. The molecule has 0 saturated heterocycles. The summed E-state index contributed by atoms with van der Waals surface area (Å²) in [6, 6.07) is 7.52. The van der Waals surface area contributed by atoms with Crippen LogP contribution in [0.3, 0.4) is 0 Å². The summed E-state index contributed by atoms with van der Waals surface area (Å²) in [5.41, 5.74) is 3.18. The Kier molecular flexibility index (Phi) is 4.09. The van der Waals surface area contributed by atoms with Crippen LogP contribution in [0, 0.1) is 5.41 Å². The highest BCUT2D eigenvalue weighted by Crippen LogP contribution is 2.47. The summed E-state index contributed by atoms with van der Waals surface area (Å²) in [5.74, 6) is 0. The highest BCUT2D eigenvalue weighted by Gasteiger charge is 2.40. The van der Waals surface area contributed by atoms with Crippen molar-refractivity contribution in [3.8, 4) is 0 Å². The fourth-order valence-corrected chi connectivity index (χ4v) is 4.84. The maximum atomic E-state index is 6.21. The SMILES string of the molecule is CSC1CCC(NC2c3cc(Cl)ccc3CC2(C)C)C1. The van der Waals surface area contributed by atoms with E-state index in [4.69, 9.17) is 11.6 Å². The zero-order valence-corrected chi connectivity index (χ0v) is 14.2. The van der Waals surface area contributed by atoms with Crippen LogP contribution in [0.1, 0.15) is 50.3 Å². The summed E-state index contributed by atoms with van der Waals surface area (Å²) in [6.07, 6.45) is 7.36. The minimum atomic E-state index is 0.282. The molecule has 1 aromatic carbocycles. The molecule has 3 heteroatoms. The Morgan fingerprint density at radius 2 is 2.10 bits per heavy atom. The molecular formula is C17H24ClNS. The molecule has 0 heterocycles. The van der Waals surface area contributed by atoms with Crippen LogP contribution in [-0.2, 0) is 6.42 Å². The number of rotatable bonds is 3. The first-order valence-corrected chi connectivity index (χ1v) is 9.23. The molecule has 2 aliphatic rings. The monoisotopic (exact) mass is 309 g/mol. The van der Waals surface area contributed by atoms with E-state index in [0.29, 0.717) is 12.1 Å². The molecule has 3 rings (SSSR count). The number of benzene rings is 1. The first kappa shape index (κ1) is 14.7. The Morgan fingerprint density at radius 3 is 2.80 bits per heavy atom. The molecule has 1 N–H and O–H groups in total. The van der Waals surface area contributed by atoms with E-state index < -0.39 is 0 Å². The van der Waals surface area contributed by atoms with Crippen LogP contribution in [0.4, 0.5) is 0 Å². The van der Waals surface area contributed by atoms with E-state index >= 15 is 0 Å². The molecule has 0 radical (unpaired) electrons. The zero-order valence-electron chi connectivity index (χ0n) is 12.6. The number of thioether (sulfide) groups is 1. The minimum Gasteiger partial charge on any atom is -0.307 e. The van der Waals surface area contributed by atoms with Crippen LogP contribution >= 0.6 is 23.4 Å². The first-order chi connectivity index (χ1) is 9.49. The normalized spacial score (nSPS) is 31.5. The first-order valence-electron chi connectivity index (χ1n) is 7.57. The number of hydrogen-bond acceptors (Lipinski definition) is 2. The molecule has 1 aromatic rings. The van der Waals surface area contributed by atoms with Crippen LogP contribution in [-0.4, -0.2) is 17.5 Å². The standard InChI is InChI=1S/C17H24ClNS/c1-17(2)10-11-4-5-12(18)8-15(11)16(17)19-13-6-7-14(9-13)20-3/h4-5,8,13-14,16,19H,6-7,9-10H2,1-3H3. The minimum absolute atomic E-state index is 0.282. The predicted octanol–water partition coefficient (Wildman–Crippen LogP) is 4.84. The molecule has 2 aliphatic carbocycles. The summed E-state index contributed by atoms with van der Waals surface area (Å²) in [7, 11) is 0. The lowest BCUT2D eigenvalue weighted by atomic mass is 9.85. The predicted molar refractivity (Wildman–Crippen MR) is 89.8 cm³/mol. The third kappa shape index (κ3) is 2.75. The van der Waals surface area contributed by atoms with E-state index in [1.165, 1.54) is 30.4 Å². The lowest BCUT2D eigenvalue weighted by Crippen LogP contribution is -2.37. The van der Waals surface area contributed by atoms with E-state index in [9.17, 15) is 0 Å². The zero-order chi connectivity index (χ0) is 14.3. The number of fused-ring (bicyclic) bond motifs is 1. The van der Waals surface area contributed by atoms with E-state index in [0.717, 1.165) is 16.7 Å². The average molecular weight is 310 g/mol. The summed E-state index contributed by atoms with van der Waals surface area (Å²) >= 11 is 8.23. The van der Waals surface area contributed by atoms with Gasteiger partial charge in [-0.25, -0.2) is 0 Å². The number of nitrogens with one attached hydrogen (secondary N) is 1. The molecule has 1 fully saturated rings. The molecule has 3 unspecified atom stereocenters. The van der Waals surface area contributed by atoms with Crippen molar-refractivity contribution in [2.45, 2.75) is 56.9 Å². The second-order valence-electron chi connectivity index (χ2n) is 6.98. The largest absolute Gasteiger partial charge is 0.307 e. The number of halogens is 1. The van der Waals surface area contributed by atoms with Gasteiger partial charge in [0.2, 0.25) is 0 Å². The van der Waals surface area contributed by atoms with Crippen molar-refractivity contribution in [1.82, 2.24) is 5.32 Å². The van der Waals surface area contributed by atoms with Gasteiger partial charge in [-0.15, -0.1) is 0 Å². The molecule has 1 saturated carbocycles. The van der Waals surface area contributed by atoms with E-state index in [1.807, 2.05) is 17.8 Å². The summed E-state index contributed by atoms with van der Waals surface area (Å²) in [6.45, 7) is 4.75. The van der Waals surface area contributed by atoms with Gasteiger partial charge >= 0.3 is 0 Å². The molecule has 0 bridgehead atoms. The maximum Gasteiger partial charge on any atom is 0.0409 e. The molecule has 0 aromatic heterocycles. The smallest absolute Gasteiger partial charge is 0.0409 e. The van der Waals surface area contributed by atoms with E-state index in [1.54, 1.807) is 0 Å². The van der Waals surface area contributed by atoms with Crippen LogP contribution in [0.5, 0.6) is 0 Å². The van der Waals surface area contributed by atoms with Gasteiger partial charge in [-0.1, -0.05) is 31.5 Å². The summed E-state index contributed by atoms with van der Waals surface area (Å²) in [4.78, 5) is 0. The lowest BCUT2D eigenvalue weighted by molar-refractivity contribution is 0.248. The fourth-order valence-electron chi connectivity index (χ4n) is 3.87. The van der Waals surface area contributed by atoms with Gasteiger partial charge < -0.3 is 5.32 Å². The second-order valence-corrected chi connectivity index (χ2v) is 8.55. The van der Waals surface area contributed by atoms with Gasteiger partial charge in [-0.2, -0.15) is 11.8 Å². The Labute approximate surface area is 131 Å². The van der Waals surface area contributed by atoms with Gasteiger partial charge in [0.1, 0.15) is 0 Å². The van der Waals surface area contributed by atoms with Crippen molar-refractivity contribution in [1.29, 1.82) is 0 Å². The van der Waals surface area contributed by atoms with Crippen LogP contribution in [0.25, 0.3) is 0 Å². The van der Waals surface area contributed by atoms with Gasteiger partial charge in [0.15, 0.2) is 0 Å². The van der Waals surface area contributed by atoms with E-state index in [2.05, 4.69) is 37.6 Å². The van der Waals surface area contributed by atoms with Crippen molar-refractivity contribution in [2.24, 2.45) is 5.41 Å². The maximum absolute atomic E-state index is 6.21. The highest BCUT2D eigenvalue weighted by atomic mass is 35.5. The molecule has 0 spiro atoms. The molecule has 110 valence electrons. The summed E-state index contributed by atoms with van der Waals surface area (Å²) < 4.78 is 0. The van der Waals surface area contributed by atoms with Crippen molar-refractivity contribution >= 4 is 23.4 Å². The van der Waals surface area contributed by atoms with Crippen LogP contribution in [0.2, 0.25) is 5.02 Å². The van der Waals surface area contributed by atoms with Crippen LogP contribution < -0.4 is 5.32 Å². The number of hydrogen-bond donors (Lipinski definition) is 1. The molecular weight excluding hydrogens is 286 g/mol. The van der Waals surface area contributed by atoms with Crippen LogP contribution in [0.15, 0.2) is 18.2 Å². The van der Waals surface area contributed by atoms with Crippen molar-refractivity contribution in [3.05, 3.63) is 34.3 Å². The molecule has 0 aliphatic heterocycles. The van der Waals surface area contributed by atoms with Crippen molar-refractivity contribution in [3.63, 3.8) is 0 Å². The third-order valence-electron chi connectivity index (χ3n) is 4.97. The molecule has 3 atom stereocenters. The quantitative estimate of drug-likeness (QED) is 0.857. The van der Waals surface area contributed by atoms with Crippen molar-refractivity contribution in [2.75, 3.05) is 6.26 Å². The van der Waals surface area contributed by atoms with Gasteiger partial charge in [0.25, 0.3) is 0 Å². The fraction of sp³-hybridized carbons (Fsp3) is 0.647. The Balaban J connectivity index is 1.80. The Hall–Kier alpha value is -0.180.